The Kier molecular flexibility index (Phi) is 3.38. The van der Waals surface area contributed by atoms with E-state index >= 15 is 0 Å². The summed E-state index contributed by atoms with van der Waals surface area (Å²) in [5, 5.41) is 18.5. The Morgan fingerprint density at radius 2 is 2.29 bits per heavy atom. The minimum Gasteiger partial charge on any atom is -0.394 e. The summed E-state index contributed by atoms with van der Waals surface area (Å²) < 4.78 is 6.43. The molecule has 0 amide bonds. The van der Waals surface area contributed by atoms with Crippen molar-refractivity contribution in [1.29, 1.82) is 0 Å². The molecule has 2 heterocycles. The van der Waals surface area contributed by atoms with Gasteiger partial charge in [-0.05, 0) is 0 Å². The van der Waals surface area contributed by atoms with E-state index in [0.29, 0.717) is 0 Å². The molecule has 7 nitrogen and oxygen atoms in total. The Balaban J connectivity index is 2.34. The van der Waals surface area contributed by atoms with Crippen LogP contribution in [0.15, 0.2) is 20.7 Å². The first kappa shape index (κ1) is 12.4. The van der Waals surface area contributed by atoms with Crippen molar-refractivity contribution in [1.82, 2.24) is 9.55 Å². The number of nitrogens with zero attached hydrogens (tertiary/aromatic N) is 1. The highest BCUT2D eigenvalue weighted by atomic mass is 32.1. The van der Waals surface area contributed by atoms with Crippen molar-refractivity contribution in [2.24, 2.45) is 0 Å². The molecule has 2 rings (SSSR count). The Morgan fingerprint density at radius 1 is 1.59 bits per heavy atom. The van der Waals surface area contributed by atoms with Crippen LogP contribution < -0.4 is 11.2 Å². The molecule has 0 unspecified atom stereocenters. The predicted octanol–water partition coefficient (Wildman–Crippen LogP) is -1.53. The van der Waals surface area contributed by atoms with Crippen LogP contribution in [0.25, 0.3) is 0 Å². The van der Waals surface area contributed by atoms with E-state index in [0.717, 1.165) is 4.57 Å². The van der Waals surface area contributed by atoms with Crippen LogP contribution in [0.5, 0.6) is 0 Å². The van der Waals surface area contributed by atoms with Gasteiger partial charge in [0.2, 0.25) is 0 Å². The average molecular weight is 260 g/mol. The van der Waals surface area contributed by atoms with E-state index in [1.54, 1.807) is 0 Å². The van der Waals surface area contributed by atoms with Crippen molar-refractivity contribution in [3.8, 4) is 0 Å². The number of aromatic nitrogens is 2. The molecule has 1 saturated heterocycles. The lowest BCUT2D eigenvalue weighted by molar-refractivity contribution is -0.0461. The van der Waals surface area contributed by atoms with Gasteiger partial charge < -0.3 is 14.9 Å². The molecule has 0 radical (unpaired) electrons. The standard InChI is InChI=1S/C9H12N2O5S/c12-3-5-4(13)1-7(16-5)11-2-6(17)8(14)10-9(11)15/h2,4-5,7,12-13,17H,1,3H2,(H,10,14,15)/t4-,5+,7+/m0/s1. The number of hydrogen-bond acceptors (Lipinski definition) is 6. The third-order valence-electron chi connectivity index (χ3n) is 2.64. The molecule has 1 fully saturated rings. The fourth-order valence-electron chi connectivity index (χ4n) is 1.74. The molecule has 0 saturated carbocycles. The number of aliphatic hydroxyl groups is 2. The quantitative estimate of drug-likeness (QED) is 0.483. The summed E-state index contributed by atoms with van der Waals surface area (Å²) in [6.07, 6.45) is -0.849. The maximum Gasteiger partial charge on any atom is 0.330 e. The third-order valence-corrected chi connectivity index (χ3v) is 2.96. The highest BCUT2D eigenvalue weighted by Gasteiger charge is 2.34. The van der Waals surface area contributed by atoms with Gasteiger partial charge in [0.1, 0.15) is 12.3 Å². The monoisotopic (exact) mass is 260 g/mol. The lowest BCUT2D eigenvalue weighted by atomic mass is 10.2. The Hall–Kier alpha value is -1.09. The largest absolute Gasteiger partial charge is 0.394 e. The van der Waals surface area contributed by atoms with Gasteiger partial charge in [-0.3, -0.25) is 14.3 Å². The van der Waals surface area contributed by atoms with E-state index in [4.69, 9.17) is 9.84 Å². The SMILES string of the molecule is O=c1[nH]c(=O)n([C@H]2C[C@H](O)[C@@H](CO)O2)cc1S. The van der Waals surface area contributed by atoms with Crippen LogP contribution in [0.2, 0.25) is 0 Å². The van der Waals surface area contributed by atoms with Crippen LogP contribution in [-0.4, -0.2) is 38.6 Å². The molecule has 3 atom stereocenters. The van der Waals surface area contributed by atoms with Crippen LogP contribution in [0.1, 0.15) is 12.6 Å². The number of ether oxygens (including phenoxy) is 1. The smallest absolute Gasteiger partial charge is 0.330 e. The second kappa shape index (κ2) is 4.65. The normalized spacial score (nSPS) is 28.5. The fraction of sp³-hybridized carbons (Fsp3) is 0.556. The molecular weight excluding hydrogens is 248 g/mol. The summed E-state index contributed by atoms with van der Waals surface area (Å²) >= 11 is 3.90. The van der Waals surface area contributed by atoms with E-state index in [9.17, 15) is 14.7 Å². The molecule has 1 aliphatic heterocycles. The summed E-state index contributed by atoms with van der Waals surface area (Å²) in [5.41, 5.74) is -1.21. The zero-order valence-corrected chi connectivity index (χ0v) is 9.63. The zero-order chi connectivity index (χ0) is 12.6. The first-order valence-corrected chi connectivity index (χ1v) is 5.46. The van der Waals surface area contributed by atoms with E-state index < -0.39 is 29.7 Å². The molecule has 8 heteroatoms. The number of hydrogen-bond donors (Lipinski definition) is 4. The van der Waals surface area contributed by atoms with Gasteiger partial charge in [0.05, 0.1) is 17.6 Å². The number of nitrogens with one attached hydrogen (secondary N) is 1. The summed E-state index contributed by atoms with van der Waals surface area (Å²) in [5.74, 6) is 0. The van der Waals surface area contributed by atoms with Crippen LogP contribution in [-0.2, 0) is 4.74 Å². The van der Waals surface area contributed by atoms with Gasteiger partial charge in [-0.25, -0.2) is 4.79 Å². The predicted molar refractivity (Wildman–Crippen MR) is 60.2 cm³/mol. The molecule has 1 aliphatic rings. The summed E-state index contributed by atoms with van der Waals surface area (Å²) in [7, 11) is 0. The van der Waals surface area contributed by atoms with Crippen molar-refractivity contribution in [2.75, 3.05) is 6.61 Å². The average Bonchev–Trinajstić information content (AvgIpc) is 2.65. The van der Waals surface area contributed by atoms with Crippen LogP contribution in [0.4, 0.5) is 0 Å². The summed E-state index contributed by atoms with van der Waals surface area (Å²) in [4.78, 5) is 24.8. The molecular formula is C9H12N2O5S. The van der Waals surface area contributed by atoms with Gasteiger partial charge >= 0.3 is 5.69 Å². The highest BCUT2D eigenvalue weighted by molar-refractivity contribution is 7.80. The molecule has 0 spiro atoms. The number of rotatable bonds is 2. The van der Waals surface area contributed by atoms with E-state index in [1.165, 1.54) is 6.20 Å². The van der Waals surface area contributed by atoms with Crippen molar-refractivity contribution in [3.63, 3.8) is 0 Å². The fourth-order valence-corrected chi connectivity index (χ4v) is 1.92. The first-order valence-electron chi connectivity index (χ1n) is 5.01. The van der Waals surface area contributed by atoms with Gasteiger partial charge in [0.15, 0.2) is 0 Å². The molecule has 0 aromatic carbocycles. The summed E-state index contributed by atoms with van der Waals surface area (Å²) in [6, 6.07) is 0. The topological polar surface area (TPSA) is 105 Å². The second-order valence-electron chi connectivity index (χ2n) is 3.80. The van der Waals surface area contributed by atoms with Crippen molar-refractivity contribution in [3.05, 3.63) is 27.0 Å². The molecule has 94 valence electrons. The van der Waals surface area contributed by atoms with Crippen LogP contribution in [0, 0.1) is 0 Å². The third kappa shape index (κ3) is 2.29. The molecule has 17 heavy (non-hydrogen) atoms. The number of H-pyrrole nitrogens is 1. The molecule has 3 N–H and O–H groups in total. The van der Waals surface area contributed by atoms with Gasteiger partial charge in [-0.1, -0.05) is 0 Å². The minimum absolute atomic E-state index is 0.0788. The van der Waals surface area contributed by atoms with E-state index in [2.05, 4.69) is 17.6 Å². The second-order valence-corrected chi connectivity index (χ2v) is 4.28. The lowest BCUT2D eigenvalue weighted by Gasteiger charge is -2.14. The first-order chi connectivity index (χ1) is 8.02. The molecule has 1 aromatic heterocycles. The van der Waals surface area contributed by atoms with E-state index in [-0.39, 0.29) is 17.9 Å². The molecule has 0 bridgehead atoms. The van der Waals surface area contributed by atoms with Gasteiger partial charge in [-0.2, -0.15) is 0 Å². The van der Waals surface area contributed by atoms with Crippen LogP contribution >= 0.6 is 12.6 Å². The Labute approximate surface area is 101 Å². The Bertz CT molecular complexity index is 525. The van der Waals surface area contributed by atoms with E-state index in [1.807, 2.05) is 0 Å². The summed E-state index contributed by atoms with van der Waals surface area (Å²) in [6.45, 7) is -0.330. The number of aromatic amines is 1. The minimum atomic E-state index is -0.841. The maximum atomic E-state index is 11.5. The van der Waals surface area contributed by atoms with Crippen molar-refractivity contribution in [2.45, 2.75) is 29.8 Å². The number of thiol groups is 1. The zero-order valence-electron chi connectivity index (χ0n) is 8.74. The van der Waals surface area contributed by atoms with Crippen LogP contribution in [0.3, 0.4) is 0 Å². The van der Waals surface area contributed by atoms with Crippen molar-refractivity contribution >= 4 is 12.6 Å². The number of aliphatic hydroxyl groups excluding tert-OH is 2. The van der Waals surface area contributed by atoms with Crippen molar-refractivity contribution < 1.29 is 14.9 Å². The van der Waals surface area contributed by atoms with Gasteiger partial charge in [0, 0.05) is 12.6 Å². The molecule has 0 aliphatic carbocycles. The molecule has 1 aromatic rings. The highest BCUT2D eigenvalue weighted by Crippen LogP contribution is 2.27. The van der Waals surface area contributed by atoms with Gasteiger partial charge in [-0.15, -0.1) is 12.6 Å². The maximum absolute atomic E-state index is 11.5. The van der Waals surface area contributed by atoms with Gasteiger partial charge in [0.25, 0.3) is 5.56 Å². The lowest BCUT2D eigenvalue weighted by Crippen LogP contribution is -2.32. The Morgan fingerprint density at radius 3 is 2.88 bits per heavy atom.